The lowest BCUT2D eigenvalue weighted by atomic mass is 10.2. The Morgan fingerprint density at radius 2 is 1.69 bits per heavy atom. The van der Waals surface area contributed by atoms with E-state index in [1.165, 1.54) is 5.56 Å². The van der Waals surface area contributed by atoms with Crippen molar-refractivity contribution in [1.29, 1.82) is 0 Å². The van der Waals surface area contributed by atoms with Crippen LogP contribution in [0.15, 0.2) is 48.7 Å². The molecule has 1 saturated heterocycles. The van der Waals surface area contributed by atoms with E-state index in [0.29, 0.717) is 38.3 Å². The number of amides is 2. The van der Waals surface area contributed by atoms with E-state index >= 15 is 0 Å². The molecule has 0 aliphatic carbocycles. The lowest BCUT2D eigenvalue weighted by Gasteiger charge is -2.34. The van der Waals surface area contributed by atoms with Crippen molar-refractivity contribution in [2.75, 3.05) is 44.2 Å². The highest BCUT2D eigenvalue weighted by Crippen LogP contribution is 2.16. The summed E-state index contributed by atoms with van der Waals surface area (Å²) in [6, 6.07) is 14.0. The fourth-order valence-electron chi connectivity index (χ4n) is 3.35. The summed E-state index contributed by atoms with van der Waals surface area (Å²) in [7, 11) is 0. The lowest BCUT2D eigenvalue weighted by Crippen LogP contribution is -2.50. The summed E-state index contributed by atoms with van der Waals surface area (Å²) >= 11 is 0. The molecule has 1 aromatic heterocycles. The van der Waals surface area contributed by atoms with Gasteiger partial charge in [0.1, 0.15) is 5.82 Å². The van der Waals surface area contributed by atoms with E-state index < -0.39 is 0 Å². The summed E-state index contributed by atoms with van der Waals surface area (Å²) in [5.41, 5.74) is 1.78. The zero-order chi connectivity index (χ0) is 20.6. The normalized spacial score (nSPS) is 13.9. The van der Waals surface area contributed by atoms with Crippen molar-refractivity contribution < 1.29 is 14.3 Å². The first-order valence-electron chi connectivity index (χ1n) is 10.1. The zero-order valence-electron chi connectivity index (χ0n) is 17.1. The highest BCUT2D eigenvalue weighted by Gasteiger charge is 2.25. The standard InChI is InChI=1S/C22H28N4O3/c1-3-24(17-18-8-6-5-7-9-18)20-11-10-19(16-23-20)21(27)25-12-14-26(15-13-25)22(28)29-4-2/h5-11,16H,3-4,12-15,17H2,1-2H3. The fraction of sp³-hybridized carbons (Fsp3) is 0.409. The molecule has 2 heterocycles. The third kappa shape index (κ3) is 5.25. The first-order valence-corrected chi connectivity index (χ1v) is 10.1. The van der Waals surface area contributed by atoms with Crippen LogP contribution < -0.4 is 4.90 Å². The van der Waals surface area contributed by atoms with Crippen LogP contribution >= 0.6 is 0 Å². The molecule has 0 atom stereocenters. The molecule has 7 heteroatoms. The number of hydrogen-bond acceptors (Lipinski definition) is 5. The molecule has 1 aliphatic rings. The number of carbonyl (C=O) groups is 2. The molecule has 29 heavy (non-hydrogen) atoms. The minimum absolute atomic E-state index is 0.0568. The molecule has 154 valence electrons. The lowest BCUT2D eigenvalue weighted by molar-refractivity contribution is 0.0570. The number of ether oxygens (including phenoxy) is 1. The molecule has 1 aromatic carbocycles. The maximum absolute atomic E-state index is 12.8. The molecule has 0 bridgehead atoms. The van der Waals surface area contributed by atoms with Gasteiger partial charge in [-0.15, -0.1) is 0 Å². The van der Waals surface area contributed by atoms with E-state index in [1.807, 2.05) is 30.3 Å². The van der Waals surface area contributed by atoms with Crippen LogP contribution in [0.3, 0.4) is 0 Å². The molecule has 0 N–H and O–H groups in total. The van der Waals surface area contributed by atoms with E-state index in [4.69, 9.17) is 4.74 Å². The van der Waals surface area contributed by atoms with E-state index in [1.54, 1.807) is 22.9 Å². The molecular formula is C22H28N4O3. The number of piperazine rings is 1. The number of nitrogens with zero attached hydrogens (tertiary/aromatic N) is 4. The molecule has 2 amide bonds. The Hall–Kier alpha value is -3.09. The van der Waals surface area contributed by atoms with Crippen molar-refractivity contribution in [3.8, 4) is 0 Å². The summed E-state index contributed by atoms with van der Waals surface area (Å²) in [5.74, 6) is 0.790. The third-order valence-electron chi connectivity index (χ3n) is 5.01. The maximum atomic E-state index is 12.8. The molecule has 1 fully saturated rings. The smallest absolute Gasteiger partial charge is 0.409 e. The van der Waals surface area contributed by atoms with Crippen molar-refractivity contribution in [3.05, 3.63) is 59.8 Å². The monoisotopic (exact) mass is 396 g/mol. The van der Waals surface area contributed by atoms with Gasteiger partial charge in [0.2, 0.25) is 0 Å². The average Bonchev–Trinajstić information content (AvgIpc) is 2.78. The second-order valence-electron chi connectivity index (χ2n) is 6.88. The number of rotatable bonds is 6. The summed E-state index contributed by atoms with van der Waals surface area (Å²) < 4.78 is 5.02. The van der Waals surface area contributed by atoms with Gasteiger partial charge >= 0.3 is 6.09 Å². The largest absolute Gasteiger partial charge is 0.450 e. The van der Waals surface area contributed by atoms with Crippen molar-refractivity contribution in [2.45, 2.75) is 20.4 Å². The zero-order valence-corrected chi connectivity index (χ0v) is 17.1. The summed E-state index contributed by atoms with van der Waals surface area (Å²) in [5, 5.41) is 0. The van der Waals surface area contributed by atoms with E-state index in [-0.39, 0.29) is 12.0 Å². The molecule has 3 rings (SSSR count). The molecular weight excluding hydrogens is 368 g/mol. The van der Waals surface area contributed by atoms with Crippen molar-refractivity contribution in [1.82, 2.24) is 14.8 Å². The van der Waals surface area contributed by atoms with E-state index in [9.17, 15) is 9.59 Å². The van der Waals surface area contributed by atoms with Crippen molar-refractivity contribution in [3.63, 3.8) is 0 Å². The number of hydrogen-bond donors (Lipinski definition) is 0. The van der Waals surface area contributed by atoms with Gasteiger partial charge in [0.25, 0.3) is 5.91 Å². The SMILES string of the molecule is CCOC(=O)N1CCN(C(=O)c2ccc(N(CC)Cc3ccccc3)nc2)CC1. The third-order valence-corrected chi connectivity index (χ3v) is 5.01. The predicted octanol–water partition coefficient (Wildman–Crippen LogP) is 3.02. The Kier molecular flexibility index (Phi) is 7.05. The summed E-state index contributed by atoms with van der Waals surface area (Å²) in [4.78, 5) is 34.7. The molecule has 0 spiro atoms. The van der Waals surface area contributed by atoms with Gasteiger partial charge in [-0.3, -0.25) is 4.79 Å². The molecule has 0 unspecified atom stereocenters. The van der Waals surface area contributed by atoms with Gasteiger partial charge in [-0.1, -0.05) is 30.3 Å². The van der Waals surface area contributed by atoms with Gasteiger partial charge in [0.05, 0.1) is 12.2 Å². The molecule has 0 radical (unpaired) electrons. The second kappa shape index (κ2) is 9.91. The molecule has 2 aromatic rings. The van der Waals surface area contributed by atoms with Crippen molar-refractivity contribution >= 4 is 17.8 Å². The minimum atomic E-state index is -0.316. The molecule has 7 nitrogen and oxygen atoms in total. The maximum Gasteiger partial charge on any atom is 0.409 e. The Morgan fingerprint density at radius 3 is 2.28 bits per heavy atom. The first kappa shape index (κ1) is 20.6. The van der Waals surface area contributed by atoms with Gasteiger partial charge in [-0.25, -0.2) is 9.78 Å². The molecule has 1 aliphatic heterocycles. The van der Waals surface area contributed by atoms with Gasteiger partial charge in [-0.2, -0.15) is 0 Å². The van der Waals surface area contributed by atoms with E-state index in [2.05, 4.69) is 28.9 Å². The minimum Gasteiger partial charge on any atom is -0.450 e. The Balaban J connectivity index is 1.59. The quantitative estimate of drug-likeness (QED) is 0.751. The topological polar surface area (TPSA) is 66.0 Å². The van der Waals surface area contributed by atoms with Crippen LogP contribution in [-0.4, -0.2) is 66.1 Å². The Morgan fingerprint density at radius 1 is 1.00 bits per heavy atom. The van der Waals surface area contributed by atoms with Gasteiger partial charge in [-0.05, 0) is 31.5 Å². The number of carbonyl (C=O) groups excluding carboxylic acids is 2. The number of pyridine rings is 1. The predicted molar refractivity (Wildman–Crippen MR) is 112 cm³/mol. The highest BCUT2D eigenvalue weighted by atomic mass is 16.6. The van der Waals surface area contributed by atoms with Crippen LogP contribution in [0, 0.1) is 0 Å². The van der Waals surface area contributed by atoms with Gasteiger partial charge < -0.3 is 19.4 Å². The van der Waals surface area contributed by atoms with Gasteiger partial charge in [0, 0.05) is 45.5 Å². The molecule has 0 saturated carbocycles. The Bertz CT molecular complexity index is 803. The number of aromatic nitrogens is 1. The summed E-state index contributed by atoms with van der Waals surface area (Å²) in [6.45, 7) is 7.78. The van der Waals surface area contributed by atoms with Gasteiger partial charge in [0.15, 0.2) is 0 Å². The van der Waals surface area contributed by atoms with Crippen LogP contribution in [0.5, 0.6) is 0 Å². The fourth-order valence-corrected chi connectivity index (χ4v) is 3.35. The number of benzene rings is 1. The van der Waals surface area contributed by atoms with Crippen LogP contribution in [-0.2, 0) is 11.3 Å². The average molecular weight is 396 g/mol. The highest BCUT2D eigenvalue weighted by molar-refractivity contribution is 5.94. The Labute approximate surface area is 171 Å². The van der Waals surface area contributed by atoms with E-state index in [0.717, 1.165) is 18.9 Å². The van der Waals surface area contributed by atoms with Crippen LogP contribution in [0.1, 0.15) is 29.8 Å². The summed E-state index contributed by atoms with van der Waals surface area (Å²) in [6.07, 6.45) is 1.33. The van der Waals surface area contributed by atoms with Crippen LogP contribution in [0.4, 0.5) is 10.6 Å². The van der Waals surface area contributed by atoms with Crippen LogP contribution in [0.25, 0.3) is 0 Å². The first-order chi connectivity index (χ1) is 14.1. The van der Waals surface area contributed by atoms with Crippen molar-refractivity contribution in [2.24, 2.45) is 0 Å². The van der Waals surface area contributed by atoms with Crippen LogP contribution in [0.2, 0.25) is 0 Å². The second-order valence-corrected chi connectivity index (χ2v) is 6.88. The number of anilines is 1.